The predicted octanol–water partition coefficient (Wildman–Crippen LogP) is 2.64. The minimum Gasteiger partial charge on any atom is -0.370 e. The molecule has 16 heavy (non-hydrogen) atoms. The van der Waals surface area contributed by atoms with E-state index in [2.05, 4.69) is 24.2 Å². The fraction of sp³-hybridized carbons (Fsp3) is 0.917. The van der Waals surface area contributed by atoms with E-state index in [0.29, 0.717) is 23.5 Å². The molecule has 0 aliphatic heterocycles. The van der Waals surface area contributed by atoms with E-state index in [-0.39, 0.29) is 24.0 Å². The zero-order valence-electron chi connectivity index (χ0n) is 10.3. The highest BCUT2D eigenvalue weighted by atomic mass is 127. The van der Waals surface area contributed by atoms with E-state index in [1.54, 1.807) is 0 Å². The summed E-state index contributed by atoms with van der Waals surface area (Å²) in [5.41, 5.74) is 6.29. The molecule has 2 rings (SSSR count). The van der Waals surface area contributed by atoms with E-state index >= 15 is 0 Å². The minimum atomic E-state index is 0. The molecule has 3 nitrogen and oxygen atoms in total. The van der Waals surface area contributed by atoms with Crippen molar-refractivity contribution in [3.05, 3.63) is 0 Å². The van der Waals surface area contributed by atoms with Crippen molar-refractivity contribution in [1.82, 2.24) is 5.32 Å². The van der Waals surface area contributed by atoms with Crippen LogP contribution in [0.4, 0.5) is 0 Å². The van der Waals surface area contributed by atoms with Gasteiger partial charge >= 0.3 is 0 Å². The van der Waals surface area contributed by atoms with Gasteiger partial charge in [-0.3, -0.25) is 0 Å². The zero-order chi connectivity index (χ0) is 10.9. The zero-order valence-corrected chi connectivity index (χ0v) is 12.7. The largest absolute Gasteiger partial charge is 0.370 e. The Morgan fingerprint density at radius 2 is 1.81 bits per heavy atom. The van der Waals surface area contributed by atoms with Gasteiger partial charge in [0, 0.05) is 6.04 Å². The van der Waals surface area contributed by atoms with Gasteiger partial charge in [-0.2, -0.15) is 0 Å². The van der Waals surface area contributed by atoms with E-state index in [0.717, 1.165) is 0 Å². The Hall–Kier alpha value is 0. The van der Waals surface area contributed by atoms with Crippen LogP contribution in [0.5, 0.6) is 0 Å². The van der Waals surface area contributed by atoms with Gasteiger partial charge in [0.25, 0.3) is 0 Å². The van der Waals surface area contributed by atoms with E-state index in [9.17, 15) is 0 Å². The average Bonchev–Trinajstić information content (AvgIpc) is 2.74. The van der Waals surface area contributed by atoms with Crippen LogP contribution in [0.25, 0.3) is 0 Å². The van der Waals surface area contributed by atoms with Crippen molar-refractivity contribution in [2.75, 3.05) is 0 Å². The number of rotatable bonds is 2. The number of aliphatic imine (C=N–C) groups is 1. The van der Waals surface area contributed by atoms with Crippen LogP contribution >= 0.6 is 24.0 Å². The lowest BCUT2D eigenvalue weighted by molar-refractivity contribution is 0.412. The number of nitrogens with zero attached hydrogens (tertiary/aromatic N) is 1. The van der Waals surface area contributed by atoms with Crippen molar-refractivity contribution in [2.24, 2.45) is 16.1 Å². The van der Waals surface area contributed by atoms with Crippen molar-refractivity contribution < 1.29 is 0 Å². The van der Waals surface area contributed by atoms with Crippen molar-refractivity contribution in [3.8, 4) is 0 Å². The Morgan fingerprint density at radius 3 is 2.31 bits per heavy atom. The first-order chi connectivity index (χ1) is 7.08. The lowest BCUT2D eigenvalue weighted by Crippen LogP contribution is -2.41. The quantitative estimate of drug-likeness (QED) is 0.462. The van der Waals surface area contributed by atoms with Crippen molar-refractivity contribution in [3.63, 3.8) is 0 Å². The van der Waals surface area contributed by atoms with Gasteiger partial charge in [-0.05, 0) is 24.7 Å². The molecule has 0 aromatic rings. The summed E-state index contributed by atoms with van der Waals surface area (Å²) in [7, 11) is 0. The van der Waals surface area contributed by atoms with Crippen LogP contribution in [0, 0.1) is 5.41 Å². The number of nitrogens with one attached hydrogen (secondary N) is 1. The maximum absolute atomic E-state index is 5.91. The SMILES string of the molecule is CC1(C)CC1N=C(N)NC1CCCCC1.I. The second kappa shape index (κ2) is 5.56. The third kappa shape index (κ3) is 3.79. The molecule has 2 fully saturated rings. The second-order valence-corrected chi connectivity index (χ2v) is 5.70. The molecule has 1 atom stereocenters. The van der Waals surface area contributed by atoms with Crippen LogP contribution in [-0.2, 0) is 0 Å². The standard InChI is InChI=1S/C12H23N3.HI/c1-12(2)8-10(12)15-11(13)14-9-6-4-3-5-7-9;/h9-10H,3-8H2,1-2H3,(H3,13,14,15);1H. The fourth-order valence-corrected chi connectivity index (χ4v) is 2.32. The summed E-state index contributed by atoms with van der Waals surface area (Å²) in [6.07, 6.45) is 7.74. The van der Waals surface area contributed by atoms with Crippen LogP contribution in [0.15, 0.2) is 4.99 Å². The topological polar surface area (TPSA) is 50.4 Å². The van der Waals surface area contributed by atoms with Gasteiger partial charge in [-0.1, -0.05) is 33.1 Å². The van der Waals surface area contributed by atoms with E-state index in [1.807, 2.05) is 0 Å². The molecule has 0 heterocycles. The smallest absolute Gasteiger partial charge is 0.189 e. The fourth-order valence-electron chi connectivity index (χ4n) is 2.32. The second-order valence-electron chi connectivity index (χ2n) is 5.70. The Labute approximate surface area is 116 Å². The highest BCUT2D eigenvalue weighted by Gasteiger charge is 2.46. The van der Waals surface area contributed by atoms with E-state index in [4.69, 9.17) is 5.73 Å². The molecule has 0 amide bonds. The monoisotopic (exact) mass is 337 g/mol. The molecule has 0 aromatic heterocycles. The Balaban J connectivity index is 0.00000128. The van der Waals surface area contributed by atoms with Gasteiger partial charge in [0.15, 0.2) is 5.96 Å². The summed E-state index contributed by atoms with van der Waals surface area (Å²) >= 11 is 0. The van der Waals surface area contributed by atoms with E-state index in [1.165, 1.54) is 38.5 Å². The predicted molar refractivity (Wildman–Crippen MR) is 79.2 cm³/mol. The lowest BCUT2D eigenvalue weighted by atomic mass is 9.96. The van der Waals surface area contributed by atoms with Crippen LogP contribution in [-0.4, -0.2) is 18.0 Å². The highest BCUT2D eigenvalue weighted by Crippen LogP contribution is 2.47. The van der Waals surface area contributed by atoms with Crippen molar-refractivity contribution in [1.29, 1.82) is 0 Å². The average molecular weight is 337 g/mol. The normalized spacial score (nSPS) is 29.4. The summed E-state index contributed by atoms with van der Waals surface area (Å²) in [5, 5.41) is 3.36. The van der Waals surface area contributed by atoms with E-state index < -0.39 is 0 Å². The summed E-state index contributed by atoms with van der Waals surface area (Å²) in [4.78, 5) is 4.52. The van der Waals surface area contributed by atoms with Crippen LogP contribution in [0.3, 0.4) is 0 Å². The first-order valence-electron chi connectivity index (χ1n) is 6.18. The molecule has 2 aliphatic rings. The van der Waals surface area contributed by atoms with Crippen molar-refractivity contribution in [2.45, 2.75) is 64.5 Å². The Bertz CT molecular complexity index is 257. The molecule has 0 saturated heterocycles. The summed E-state index contributed by atoms with van der Waals surface area (Å²) < 4.78 is 0. The summed E-state index contributed by atoms with van der Waals surface area (Å²) in [6, 6.07) is 1.03. The molecular weight excluding hydrogens is 313 g/mol. The molecular formula is C12H24IN3. The summed E-state index contributed by atoms with van der Waals surface area (Å²) in [5.74, 6) is 0.664. The van der Waals surface area contributed by atoms with Gasteiger partial charge in [-0.25, -0.2) is 4.99 Å². The van der Waals surface area contributed by atoms with Gasteiger partial charge in [0.1, 0.15) is 0 Å². The van der Waals surface area contributed by atoms with Gasteiger partial charge in [0.05, 0.1) is 6.04 Å². The van der Waals surface area contributed by atoms with Crippen LogP contribution in [0.1, 0.15) is 52.4 Å². The summed E-state index contributed by atoms with van der Waals surface area (Å²) in [6.45, 7) is 4.49. The maximum Gasteiger partial charge on any atom is 0.189 e. The molecule has 0 radical (unpaired) electrons. The van der Waals surface area contributed by atoms with Gasteiger partial charge < -0.3 is 11.1 Å². The number of halogens is 1. The van der Waals surface area contributed by atoms with Gasteiger partial charge in [0.2, 0.25) is 0 Å². The number of hydrogen-bond acceptors (Lipinski definition) is 1. The third-order valence-electron chi connectivity index (χ3n) is 3.71. The molecule has 0 bridgehead atoms. The number of nitrogens with two attached hydrogens (primary N) is 1. The highest BCUT2D eigenvalue weighted by molar-refractivity contribution is 14.0. The Morgan fingerprint density at radius 1 is 1.25 bits per heavy atom. The first kappa shape index (κ1) is 14.1. The molecule has 4 heteroatoms. The number of guanidine groups is 1. The maximum atomic E-state index is 5.91. The van der Waals surface area contributed by atoms with Crippen LogP contribution < -0.4 is 11.1 Å². The van der Waals surface area contributed by atoms with Crippen LogP contribution in [0.2, 0.25) is 0 Å². The minimum absolute atomic E-state index is 0. The Kier molecular flexibility index (Phi) is 4.88. The molecule has 0 spiro atoms. The van der Waals surface area contributed by atoms with Gasteiger partial charge in [-0.15, -0.1) is 24.0 Å². The molecule has 94 valence electrons. The molecule has 1 unspecified atom stereocenters. The molecule has 2 aliphatic carbocycles. The lowest BCUT2D eigenvalue weighted by Gasteiger charge is -2.23. The molecule has 0 aromatic carbocycles. The first-order valence-corrected chi connectivity index (χ1v) is 6.18. The third-order valence-corrected chi connectivity index (χ3v) is 3.71. The molecule has 3 N–H and O–H groups in total. The molecule has 2 saturated carbocycles. The number of hydrogen-bond donors (Lipinski definition) is 2. The van der Waals surface area contributed by atoms with Crippen molar-refractivity contribution >= 4 is 29.9 Å².